The molecule has 3 aromatic rings. The molecule has 0 aliphatic heterocycles. The molecule has 0 aliphatic carbocycles. The van der Waals surface area contributed by atoms with Crippen molar-refractivity contribution < 1.29 is 33.0 Å². The van der Waals surface area contributed by atoms with E-state index in [-0.39, 0.29) is 30.1 Å². The first-order chi connectivity index (χ1) is 15.4. The zero-order chi connectivity index (χ0) is 23.3. The molecule has 8 nitrogen and oxygen atoms in total. The Morgan fingerprint density at radius 2 is 1.69 bits per heavy atom. The number of rotatable bonds is 9. The molecular weight excluding hydrogens is 416 g/mol. The average molecular weight is 440 g/mol. The Labute approximate surface area is 184 Å². The normalized spacial score (nSPS) is 11.6. The van der Waals surface area contributed by atoms with Crippen molar-refractivity contribution in [3.63, 3.8) is 0 Å². The van der Waals surface area contributed by atoms with Gasteiger partial charge in [-0.1, -0.05) is 0 Å². The Kier molecular flexibility index (Phi) is 7.14. The van der Waals surface area contributed by atoms with Crippen LogP contribution in [0.15, 0.2) is 51.7 Å². The maximum atomic E-state index is 13.0. The summed E-state index contributed by atoms with van der Waals surface area (Å²) < 4.78 is 26.3. The first-order valence-corrected chi connectivity index (χ1v) is 9.96. The quantitative estimate of drug-likeness (QED) is 0.282. The molecule has 168 valence electrons. The Balaban J connectivity index is 2.12. The van der Waals surface area contributed by atoms with Crippen LogP contribution >= 0.6 is 0 Å². The lowest BCUT2D eigenvalue weighted by atomic mass is 9.89. The second-order valence-electron chi connectivity index (χ2n) is 6.86. The second-order valence-corrected chi connectivity index (χ2v) is 6.86. The standard InChI is InChI=1S/C24H24O8/c1-5-31-24(27)18(12-19(25)14-6-8-15(28-2)9-7-14)17-13-21(26)32-22-16(17)10-11-20(29-3)23(22)30-4/h6-11,13,18H,5,12H2,1-4H3/t18-/m1/s1. The van der Waals surface area contributed by atoms with Crippen molar-refractivity contribution in [1.29, 1.82) is 0 Å². The Morgan fingerprint density at radius 1 is 0.969 bits per heavy atom. The third-order valence-corrected chi connectivity index (χ3v) is 5.04. The van der Waals surface area contributed by atoms with E-state index >= 15 is 0 Å². The fraction of sp³-hybridized carbons (Fsp3) is 0.292. The third kappa shape index (κ3) is 4.59. The van der Waals surface area contributed by atoms with Crippen LogP contribution in [-0.2, 0) is 9.53 Å². The van der Waals surface area contributed by atoms with Crippen LogP contribution in [-0.4, -0.2) is 39.7 Å². The van der Waals surface area contributed by atoms with Gasteiger partial charge < -0.3 is 23.4 Å². The molecule has 2 aromatic carbocycles. The van der Waals surface area contributed by atoms with Gasteiger partial charge in [0.25, 0.3) is 0 Å². The van der Waals surface area contributed by atoms with E-state index in [1.54, 1.807) is 43.3 Å². The highest BCUT2D eigenvalue weighted by Gasteiger charge is 2.29. The van der Waals surface area contributed by atoms with Crippen molar-refractivity contribution in [2.75, 3.05) is 27.9 Å². The minimum Gasteiger partial charge on any atom is -0.497 e. The summed E-state index contributed by atoms with van der Waals surface area (Å²) >= 11 is 0. The van der Waals surface area contributed by atoms with Gasteiger partial charge in [0.2, 0.25) is 5.75 Å². The molecule has 0 fully saturated rings. The molecule has 0 saturated carbocycles. The van der Waals surface area contributed by atoms with E-state index in [0.717, 1.165) is 0 Å². The van der Waals surface area contributed by atoms with Crippen LogP contribution in [0.3, 0.4) is 0 Å². The van der Waals surface area contributed by atoms with E-state index in [1.165, 1.54) is 27.4 Å². The van der Waals surface area contributed by atoms with Crippen molar-refractivity contribution in [2.24, 2.45) is 0 Å². The lowest BCUT2D eigenvalue weighted by molar-refractivity contribution is -0.144. The summed E-state index contributed by atoms with van der Waals surface area (Å²) in [5.74, 6) is -0.732. The van der Waals surface area contributed by atoms with Gasteiger partial charge in [-0.05, 0) is 48.9 Å². The van der Waals surface area contributed by atoms with Gasteiger partial charge in [-0.25, -0.2) is 4.79 Å². The Hall–Kier alpha value is -3.81. The fourth-order valence-corrected chi connectivity index (χ4v) is 3.49. The highest BCUT2D eigenvalue weighted by atomic mass is 16.5. The molecule has 0 saturated heterocycles. The number of Topliss-reactive ketones (excluding diaryl/α,β-unsaturated/α-hetero) is 1. The van der Waals surface area contributed by atoms with Crippen molar-refractivity contribution in [3.05, 3.63) is 64.0 Å². The van der Waals surface area contributed by atoms with Gasteiger partial charge >= 0.3 is 11.6 Å². The zero-order valence-corrected chi connectivity index (χ0v) is 18.3. The van der Waals surface area contributed by atoms with E-state index in [2.05, 4.69) is 0 Å². The average Bonchev–Trinajstić information content (AvgIpc) is 2.81. The minimum atomic E-state index is -1.02. The highest BCUT2D eigenvalue weighted by Crippen LogP contribution is 2.38. The van der Waals surface area contributed by atoms with Gasteiger partial charge in [0, 0.05) is 23.4 Å². The number of carbonyl (C=O) groups excluding carboxylic acids is 2. The van der Waals surface area contributed by atoms with Gasteiger partial charge in [-0.15, -0.1) is 0 Å². The van der Waals surface area contributed by atoms with Crippen LogP contribution in [0.4, 0.5) is 0 Å². The summed E-state index contributed by atoms with van der Waals surface area (Å²) in [4.78, 5) is 38.2. The molecule has 8 heteroatoms. The molecular formula is C24H24O8. The van der Waals surface area contributed by atoms with Crippen LogP contribution < -0.4 is 19.8 Å². The monoisotopic (exact) mass is 440 g/mol. The first-order valence-electron chi connectivity index (χ1n) is 9.96. The molecule has 3 rings (SSSR count). The summed E-state index contributed by atoms with van der Waals surface area (Å²) in [7, 11) is 4.41. The van der Waals surface area contributed by atoms with E-state index in [0.29, 0.717) is 28.0 Å². The lowest BCUT2D eigenvalue weighted by Crippen LogP contribution is -2.21. The summed E-state index contributed by atoms with van der Waals surface area (Å²) in [5, 5.41) is 0.447. The Bertz CT molecular complexity index is 1180. The van der Waals surface area contributed by atoms with Crippen LogP contribution in [0.2, 0.25) is 0 Å². The number of methoxy groups -OCH3 is 3. The lowest BCUT2D eigenvalue weighted by Gasteiger charge is -2.18. The second kappa shape index (κ2) is 10.00. The fourth-order valence-electron chi connectivity index (χ4n) is 3.49. The van der Waals surface area contributed by atoms with Crippen LogP contribution in [0.1, 0.15) is 35.2 Å². The third-order valence-electron chi connectivity index (χ3n) is 5.04. The van der Waals surface area contributed by atoms with E-state index in [4.69, 9.17) is 23.4 Å². The molecule has 0 unspecified atom stereocenters. The molecule has 0 amide bonds. The molecule has 32 heavy (non-hydrogen) atoms. The molecule has 0 radical (unpaired) electrons. The zero-order valence-electron chi connectivity index (χ0n) is 18.3. The number of esters is 1. The topological polar surface area (TPSA) is 101 Å². The molecule has 0 N–H and O–H groups in total. The number of hydrogen-bond donors (Lipinski definition) is 0. The predicted molar refractivity (Wildman–Crippen MR) is 117 cm³/mol. The summed E-state index contributed by atoms with van der Waals surface area (Å²) in [6.45, 7) is 1.80. The van der Waals surface area contributed by atoms with Gasteiger partial charge in [0.05, 0.1) is 33.9 Å². The predicted octanol–water partition coefficient (Wildman–Crippen LogP) is 3.74. The number of fused-ring (bicyclic) bond motifs is 1. The molecule has 0 aliphatic rings. The van der Waals surface area contributed by atoms with Crippen LogP contribution in [0.25, 0.3) is 11.0 Å². The molecule has 0 bridgehead atoms. The van der Waals surface area contributed by atoms with Crippen molar-refractivity contribution >= 4 is 22.7 Å². The smallest absolute Gasteiger partial charge is 0.336 e. The van der Waals surface area contributed by atoms with Gasteiger partial charge in [0.1, 0.15) is 5.75 Å². The van der Waals surface area contributed by atoms with Gasteiger partial charge in [0.15, 0.2) is 17.1 Å². The van der Waals surface area contributed by atoms with Crippen molar-refractivity contribution in [1.82, 2.24) is 0 Å². The first kappa shape index (κ1) is 22.9. The SMILES string of the molecule is CCOC(=O)[C@H](CC(=O)c1ccc(OC)cc1)c1cc(=O)oc2c(OC)c(OC)ccc12. The molecule has 1 aromatic heterocycles. The number of ether oxygens (including phenoxy) is 4. The number of ketones is 1. The largest absolute Gasteiger partial charge is 0.497 e. The van der Waals surface area contributed by atoms with E-state index in [9.17, 15) is 14.4 Å². The van der Waals surface area contributed by atoms with Crippen LogP contribution in [0.5, 0.6) is 17.2 Å². The molecule has 1 atom stereocenters. The summed E-state index contributed by atoms with van der Waals surface area (Å²) in [6.07, 6.45) is -0.196. The van der Waals surface area contributed by atoms with Gasteiger partial charge in [-0.2, -0.15) is 0 Å². The van der Waals surface area contributed by atoms with E-state index < -0.39 is 17.5 Å². The van der Waals surface area contributed by atoms with E-state index in [1.807, 2.05) is 0 Å². The van der Waals surface area contributed by atoms with Crippen molar-refractivity contribution in [3.8, 4) is 17.2 Å². The molecule has 0 spiro atoms. The molecule has 1 heterocycles. The van der Waals surface area contributed by atoms with Crippen LogP contribution in [0, 0.1) is 0 Å². The maximum Gasteiger partial charge on any atom is 0.336 e. The number of hydrogen-bond acceptors (Lipinski definition) is 8. The summed E-state index contributed by atoms with van der Waals surface area (Å²) in [6, 6.07) is 11.1. The summed E-state index contributed by atoms with van der Waals surface area (Å²) in [5.41, 5.74) is 0.162. The maximum absolute atomic E-state index is 13.0. The van der Waals surface area contributed by atoms with Crippen molar-refractivity contribution in [2.45, 2.75) is 19.3 Å². The van der Waals surface area contributed by atoms with Gasteiger partial charge in [-0.3, -0.25) is 9.59 Å². The number of carbonyl (C=O) groups is 2. The highest BCUT2D eigenvalue weighted by molar-refractivity contribution is 6.01. The Morgan fingerprint density at radius 3 is 2.28 bits per heavy atom. The number of benzene rings is 2. The minimum absolute atomic E-state index is 0.126.